The van der Waals surface area contributed by atoms with Crippen molar-refractivity contribution in [1.82, 2.24) is 0 Å². The second-order valence-electron chi connectivity index (χ2n) is 3.65. The monoisotopic (exact) mass is 232 g/mol. The average molecular weight is 232 g/mol. The molecule has 0 radical (unpaired) electrons. The van der Waals surface area contributed by atoms with Gasteiger partial charge >= 0.3 is 5.97 Å². The van der Waals surface area contributed by atoms with Gasteiger partial charge in [-0.05, 0) is 12.5 Å². The Morgan fingerprint density at radius 3 is 2.41 bits per heavy atom. The van der Waals surface area contributed by atoms with E-state index in [1.165, 1.54) is 6.92 Å². The molecule has 0 bridgehead atoms. The third kappa shape index (κ3) is 4.23. The number of esters is 1. The first kappa shape index (κ1) is 13.2. The summed E-state index contributed by atoms with van der Waals surface area (Å²) in [6.07, 6.45) is 3.27. The number of unbranched alkanes of at least 4 members (excludes halogenated alkanes) is 1. The fourth-order valence-corrected chi connectivity index (χ4v) is 1.34. The van der Waals surface area contributed by atoms with Gasteiger partial charge in [0.25, 0.3) is 0 Å². The molecule has 0 aliphatic carbocycles. The number of ketones is 1. The van der Waals surface area contributed by atoms with Crippen molar-refractivity contribution in [1.29, 1.82) is 0 Å². The van der Waals surface area contributed by atoms with Crippen LogP contribution in [0, 0.1) is 0 Å². The maximum atomic E-state index is 12.0. The number of carbonyl (C=O) groups excluding carboxylic acids is 2. The maximum Gasteiger partial charge on any atom is 0.308 e. The molecule has 3 nitrogen and oxygen atoms in total. The number of benzene rings is 1. The van der Waals surface area contributed by atoms with Gasteiger partial charge in [0.2, 0.25) is 5.78 Å². The highest BCUT2D eigenvalue weighted by Crippen LogP contribution is 2.11. The molecular formula is C14H16O3. The summed E-state index contributed by atoms with van der Waals surface area (Å²) in [5, 5.41) is 0. The van der Waals surface area contributed by atoms with Crippen LogP contribution >= 0.6 is 0 Å². The molecule has 90 valence electrons. The minimum Gasteiger partial charge on any atom is -0.423 e. The highest BCUT2D eigenvalue weighted by atomic mass is 16.5. The van der Waals surface area contributed by atoms with Gasteiger partial charge in [-0.3, -0.25) is 9.59 Å². The van der Waals surface area contributed by atoms with Crippen LogP contribution in [0.25, 0.3) is 0 Å². The van der Waals surface area contributed by atoms with E-state index in [9.17, 15) is 9.59 Å². The van der Waals surface area contributed by atoms with Crippen LogP contribution in [0.2, 0.25) is 0 Å². The minimum absolute atomic E-state index is 0.116. The summed E-state index contributed by atoms with van der Waals surface area (Å²) in [5.41, 5.74) is 0.524. The number of rotatable bonds is 5. The van der Waals surface area contributed by atoms with Crippen LogP contribution in [0.1, 0.15) is 37.0 Å². The minimum atomic E-state index is -0.475. The van der Waals surface area contributed by atoms with Gasteiger partial charge < -0.3 is 4.74 Å². The first-order chi connectivity index (χ1) is 8.15. The van der Waals surface area contributed by atoms with E-state index in [4.69, 9.17) is 4.74 Å². The first-order valence-electron chi connectivity index (χ1n) is 5.63. The zero-order valence-corrected chi connectivity index (χ0v) is 10.1. The fraction of sp³-hybridized carbons (Fsp3) is 0.286. The number of hydrogen-bond donors (Lipinski definition) is 0. The quantitative estimate of drug-likeness (QED) is 0.339. The van der Waals surface area contributed by atoms with E-state index >= 15 is 0 Å². The first-order valence-corrected chi connectivity index (χ1v) is 5.63. The van der Waals surface area contributed by atoms with E-state index in [1.54, 1.807) is 30.3 Å². The highest BCUT2D eigenvalue weighted by Gasteiger charge is 2.14. The summed E-state index contributed by atoms with van der Waals surface area (Å²) in [6.45, 7) is 3.28. The summed E-state index contributed by atoms with van der Waals surface area (Å²) >= 11 is 0. The number of allylic oxidation sites excluding steroid dienone is 2. The Morgan fingerprint density at radius 2 is 1.88 bits per heavy atom. The Labute approximate surface area is 101 Å². The normalized spacial score (nSPS) is 11.1. The molecule has 0 unspecified atom stereocenters. The molecule has 0 aliphatic rings. The summed E-state index contributed by atoms with van der Waals surface area (Å²) in [7, 11) is 0. The Morgan fingerprint density at radius 1 is 1.24 bits per heavy atom. The lowest BCUT2D eigenvalue weighted by molar-refractivity contribution is -0.136. The van der Waals surface area contributed by atoms with Crippen molar-refractivity contribution in [2.45, 2.75) is 26.7 Å². The molecule has 0 amide bonds. The van der Waals surface area contributed by atoms with E-state index in [2.05, 4.69) is 0 Å². The topological polar surface area (TPSA) is 43.4 Å². The molecule has 1 rings (SSSR count). The molecule has 0 atom stereocenters. The molecule has 3 heteroatoms. The number of carbonyl (C=O) groups is 2. The standard InChI is InChI=1S/C14H16O3/c1-3-4-10-13(17-11(2)15)14(16)12-8-6-5-7-9-12/h5-10H,3-4H2,1-2H3/b13-10+. The summed E-state index contributed by atoms with van der Waals surface area (Å²) in [5.74, 6) is -0.614. The second-order valence-corrected chi connectivity index (χ2v) is 3.65. The van der Waals surface area contributed by atoms with Crippen molar-refractivity contribution in [3.8, 4) is 0 Å². The van der Waals surface area contributed by atoms with E-state index in [1.807, 2.05) is 13.0 Å². The number of Topliss-reactive ketones (excluding diaryl/α,β-unsaturated/α-hetero) is 1. The average Bonchev–Trinajstić information content (AvgIpc) is 2.34. The Balaban J connectivity index is 2.91. The smallest absolute Gasteiger partial charge is 0.308 e. The Hall–Kier alpha value is -1.90. The molecule has 0 aromatic heterocycles. The maximum absolute atomic E-state index is 12.0. The van der Waals surface area contributed by atoms with E-state index in [-0.39, 0.29) is 11.5 Å². The van der Waals surface area contributed by atoms with Crippen molar-refractivity contribution in [2.24, 2.45) is 0 Å². The lowest BCUT2D eigenvalue weighted by Gasteiger charge is -2.06. The fourth-order valence-electron chi connectivity index (χ4n) is 1.34. The molecule has 0 N–H and O–H groups in total. The van der Waals surface area contributed by atoms with Crippen molar-refractivity contribution in [3.63, 3.8) is 0 Å². The molecule has 0 saturated carbocycles. The van der Waals surface area contributed by atoms with Crippen LogP contribution in [0.5, 0.6) is 0 Å². The van der Waals surface area contributed by atoms with Crippen LogP contribution in [-0.2, 0) is 9.53 Å². The summed E-state index contributed by atoms with van der Waals surface area (Å²) in [6, 6.07) is 8.78. The van der Waals surface area contributed by atoms with Crippen LogP contribution < -0.4 is 0 Å². The zero-order valence-electron chi connectivity index (χ0n) is 10.1. The summed E-state index contributed by atoms with van der Waals surface area (Å²) < 4.78 is 4.94. The van der Waals surface area contributed by atoms with Gasteiger partial charge in [-0.25, -0.2) is 0 Å². The van der Waals surface area contributed by atoms with Gasteiger partial charge in [-0.15, -0.1) is 0 Å². The molecule has 1 aromatic rings. The Bertz CT molecular complexity index is 418. The lowest BCUT2D eigenvalue weighted by atomic mass is 10.1. The number of hydrogen-bond acceptors (Lipinski definition) is 3. The third-order valence-electron chi connectivity index (χ3n) is 2.13. The SMILES string of the molecule is CCC/C=C(/OC(C)=O)C(=O)c1ccccc1. The zero-order chi connectivity index (χ0) is 12.7. The van der Waals surface area contributed by atoms with Gasteiger partial charge in [0.05, 0.1) is 0 Å². The van der Waals surface area contributed by atoms with E-state index < -0.39 is 5.97 Å². The van der Waals surface area contributed by atoms with Crippen LogP contribution in [0.3, 0.4) is 0 Å². The Kier molecular flexibility index (Phi) is 5.14. The predicted octanol–water partition coefficient (Wildman–Crippen LogP) is 3.12. The lowest BCUT2D eigenvalue weighted by Crippen LogP contribution is -2.10. The van der Waals surface area contributed by atoms with E-state index in [0.29, 0.717) is 12.0 Å². The van der Waals surface area contributed by atoms with Crippen molar-refractivity contribution in [3.05, 3.63) is 47.7 Å². The van der Waals surface area contributed by atoms with Gasteiger partial charge in [0.1, 0.15) is 0 Å². The number of ether oxygens (including phenoxy) is 1. The van der Waals surface area contributed by atoms with Gasteiger partial charge in [-0.2, -0.15) is 0 Å². The molecular weight excluding hydrogens is 216 g/mol. The summed E-state index contributed by atoms with van der Waals surface area (Å²) in [4.78, 5) is 23.0. The van der Waals surface area contributed by atoms with Crippen LogP contribution in [0.4, 0.5) is 0 Å². The second kappa shape index (κ2) is 6.63. The molecule has 0 heterocycles. The predicted molar refractivity (Wildman–Crippen MR) is 65.5 cm³/mol. The third-order valence-corrected chi connectivity index (χ3v) is 2.13. The molecule has 0 spiro atoms. The molecule has 0 aliphatic heterocycles. The molecule has 0 fully saturated rings. The van der Waals surface area contributed by atoms with Crippen LogP contribution in [-0.4, -0.2) is 11.8 Å². The molecule has 0 saturated heterocycles. The molecule has 1 aromatic carbocycles. The van der Waals surface area contributed by atoms with Gasteiger partial charge in [0, 0.05) is 12.5 Å². The van der Waals surface area contributed by atoms with Crippen molar-refractivity contribution in [2.75, 3.05) is 0 Å². The van der Waals surface area contributed by atoms with Crippen molar-refractivity contribution >= 4 is 11.8 Å². The van der Waals surface area contributed by atoms with Gasteiger partial charge in [0.15, 0.2) is 5.76 Å². The highest BCUT2D eigenvalue weighted by molar-refractivity contribution is 6.08. The van der Waals surface area contributed by atoms with E-state index in [0.717, 1.165) is 6.42 Å². The van der Waals surface area contributed by atoms with Crippen LogP contribution in [0.15, 0.2) is 42.2 Å². The van der Waals surface area contributed by atoms with Crippen molar-refractivity contribution < 1.29 is 14.3 Å². The molecule has 17 heavy (non-hydrogen) atoms. The van der Waals surface area contributed by atoms with Gasteiger partial charge in [-0.1, -0.05) is 43.7 Å². The largest absolute Gasteiger partial charge is 0.423 e.